The van der Waals surface area contributed by atoms with E-state index in [1.807, 2.05) is 0 Å². The maximum Gasteiger partial charge on any atom is 0.272 e. The van der Waals surface area contributed by atoms with Crippen LogP contribution in [0, 0.1) is 12.7 Å². The predicted octanol–water partition coefficient (Wildman–Crippen LogP) is 2.16. The van der Waals surface area contributed by atoms with Gasteiger partial charge in [0.15, 0.2) is 5.65 Å². The molecule has 0 unspecified atom stereocenters. The number of sulfonamides is 1. The molecule has 0 saturated carbocycles. The van der Waals surface area contributed by atoms with Crippen molar-refractivity contribution in [1.82, 2.24) is 19.3 Å². The molecule has 26 heavy (non-hydrogen) atoms. The number of aromatic nitrogens is 3. The van der Waals surface area contributed by atoms with Crippen LogP contribution in [0.15, 0.2) is 45.5 Å². The summed E-state index contributed by atoms with van der Waals surface area (Å²) in [4.78, 5) is 16.2. The number of nitrogens with zero attached hydrogens (tertiary/aromatic N) is 2. The second kappa shape index (κ2) is 6.01. The second-order valence-corrected chi connectivity index (χ2v) is 8.71. The number of aromatic amines is 1. The number of thiophene rings is 1. The molecule has 0 saturated heterocycles. The highest BCUT2D eigenvalue weighted by Gasteiger charge is 2.23. The summed E-state index contributed by atoms with van der Waals surface area (Å²) in [5, 5.41) is 3.02. The lowest BCUT2D eigenvalue weighted by molar-refractivity contribution is 0.582. The van der Waals surface area contributed by atoms with Gasteiger partial charge in [0.2, 0.25) is 0 Å². The van der Waals surface area contributed by atoms with Crippen molar-refractivity contribution < 1.29 is 12.8 Å². The molecular formula is C16H13FN4O3S2. The average Bonchev–Trinajstić information content (AvgIpc) is 3.19. The smallest absolute Gasteiger partial charge is 0.272 e. The van der Waals surface area contributed by atoms with E-state index in [4.69, 9.17) is 0 Å². The van der Waals surface area contributed by atoms with E-state index < -0.39 is 15.8 Å². The molecule has 0 amide bonds. The molecule has 3 heterocycles. The highest BCUT2D eigenvalue weighted by molar-refractivity contribution is 7.91. The summed E-state index contributed by atoms with van der Waals surface area (Å²) in [6.07, 6.45) is 1.56. The van der Waals surface area contributed by atoms with Crippen molar-refractivity contribution in [2.75, 3.05) is 0 Å². The normalized spacial score (nSPS) is 12.2. The Labute approximate surface area is 151 Å². The van der Waals surface area contributed by atoms with Crippen LogP contribution in [0.5, 0.6) is 0 Å². The van der Waals surface area contributed by atoms with E-state index in [0.717, 1.165) is 11.3 Å². The van der Waals surface area contributed by atoms with Crippen LogP contribution in [0.1, 0.15) is 11.3 Å². The molecule has 0 bridgehead atoms. The third-order valence-electron chi connectivity index (χ3n) is 3.98. The molecule has 0 aliphatic carbocycles. The molecule has 0 aliphatic heterocycles. The zero-order chi connectivity index (χ0) is 18.5. The Balaban J connectivity index is 1.68. The molecule has 3 aromatic heterocycles. The van der Waals surface area contributed by atoms with Crippen LogP contribution in [0.2, 0.25) is 0 Å². The zero-order valence-electron chi connectivity index (χ0n) is 13.5. The molecular weight excluding hydrogens is 379 g/mol. The average molecular weight is 392 g/mol. The molecule has 0 atom stereocenters. The molecule has 0 spiro atoms. The van der Waals surface area contributed by atoms with Gasteiger partial charge < -0.3 is 0 Å². The maximum atomic E-state index is 14.0. The summed E-state index contributed by atoms with van der Waals surface area (Å²) < 4.78 is 43.6. The third kappa shape index (κ3) is 2.71. The minimum absolute atomic E-state index is 0.0528. The second-order valence-electron chi connectivity index (χ2n) is 5.69. The van der Waals surface area contributed by atoms with Gasteiger partial charge in [0.1, 0.15) is 10.0 Å². The van der Waals surface area contributed by atoms with Gasteiger partial charge in [-0.3, -0.25) is 9.89 Å². The van der Waals surface area contributed by atoms with Gasteiger partial charge in [-0.2, -0.15) is 0 Å². The lowest BCUT2D eigenvalue weighted by Gasteiger charge is -2.06. The van der Waals surface area contributed by atoms with E-state index >= 15 is 0 Å². The summed E-state index contributed by atoms with van der Waals surface area (Å²) in [6, 6.07) is 7.38. The third-order valence-corrected chi connectivity index (χ3v) is 7.26. The van der Waals surface area contributed by atoms with E-state index in [1.54, 1.807) is 31.3 Å². The molecule has 2 N–H and O–H groups in total. The van der Waals surface area contributed by atoms with E-state index in [1.165, 1.54) is 16.6 Å². The molecule has 10 heteroatoms. The van der Waals surface area contributed by atoms with Crippen LogP contribution in [-0.2, 0) is 16.6 Å². The number of hydrogen-bond acceptors (Lipinski definition) is 5. The van der Waals surface area contributed by atoms with Gasteiger partial charge in [-0.15, -0.1) is 11.3 Å². The number of nitrogens with one attached hydrogen (secondary N) is 2. The Morgan fingerprint density at radius 3 is 2.92 bits per heavy atom. The summed E-state index contributed by atoms with van der Waals surface area (Å²) >= 11 is 1.01. The summed E-state index contributed by atoms with van der Waals surface area (Å²) in [6.45, 7) is 1.43. The molecule has 1 aromatic carbocycles. The number of halogens is 1. The molecule has 4 aromatic rings. The first-order valence-corrected chi connectivity index (χ1v) is 9.90. The highest BCUT2D eigenvalue weighted by atomic mass is 32.2. The van der Waals surface area contributed by atoms with E-state index in [-0.39, 0.29) is 16.3 Å². The van der Waals surface area contributed by atoms with Crippen molar-refractivity contribution in [2.45, 2.75) is 17.7 Å². The van der Waals surface area contributed by atoms with Gasteiger partial charge in [-0.05, 0) is 24.6 Å². The standard InChI is InChI=1S/C16H13FN4O3S2/c1-9-15-11(17)3-2-4-12(15)25-16(9)26(23,24)19-8-10-7-14(22)21-13(20-10)5-6-18-21/h2-7,18-19H,8H2,1H3. The fourth-order valence-corrected chi connectivity index (χ4v) is 5.60. The van der Waals surface area contributed by atoms with Crippen LogP contribution in [0.4, 0.5) is 4.39 Å². The fourth-order valence-electron chi connectivity index (χ4n) is 2.79. The minimum atomic E-state index is -3.88. The zero-order valence-corrected chi connectivity index (χ0v) is 15.1. The summed E-state index contributed by atoms with van der Waals surface area (Å²) in [7, 11) is -3.88. The Kier molecular flexibility index (Phi) is 3.90. The van der Waals surface area contributed by atoms with Crippen LogP contribution >= 0.6 is 11.3 Å². The number of benzene rings is 1. The van der Waals surface area contributed by atoms with Gasteiger partial charge in [0.05, 0.1) is 12.2 Å². The van der Waals surface area contributed by atoms with E-state index in [9.17, 15) is 17.6 Å². The molecule has 134 valence electrons. The predicted molar refractivity (Wildman–Crippen MR) is 96.4 cm³/mol. The summed E-state index contributed by atoms with van der Waals surface area (Å²) in [5.74, 6) is -0.453. The van der Waals surface area contributed by atoms with Crippen molar-refractivity contribution >= 4 is 37.1 Å². The van der Waals surface area contributed by atoms with Crippen molar-refractivity contribution in [3.63, 3.8) is 0 Å². The number of hydrogen-bond donors (Lipinski definition) is 2. The molecule has 0 aliphatic rings. The van der Waals surface area contributed by atoms with Gasteiger partial charge in [-0.25, -0.2) is 27.0 Å². The molecule has 0 fully saturated rings. The maximum absolute atomic E-state index is 14.0. The molecule has 7 nitrogen and oxygen atoms in total. The van der Waals surface area contributed by atoms with Gasteiger partial charge in [0.25, 0.3) is 15.6 Å². The SMILES string of the molecule is Cc1c(S(=O)(=O)NCc2cc(=O)n3[nH]ccc3n2)sc2cccc(F)c12. The van der Waals surface area contributed by atoms with Crippen LogP contribution in [0.3, 0.4) is 0 Å². The van der Waals surface area contributed by atoms with E-state index in [2.05, 4.69) is 14.8 Å². The quantitative estimate of drug-likeness (QED) is 0.556. The van der Waals surface area contributed by atoms with Crippen LogP contribution < -0.4 is 10.3 Å². The van der Waals surface area contributed by atoms with Crippen molar-refractivity contribution in [2.24, 2.45) is 0 Å². The van der Waals surface area contributed by atoms with Crippen molar-refractivity contribution in [3.8, 4) is 0 Å². The van der Waals surface area contributed by atoms with E-state index in [0.29, 0.717) is 27.0 Å². The lowest BCUT2D eigenvalue weighted by Crippen LogP contribution is -2.25. The van der Waals surface area contributed by atoms with Crippen LogP contribution in [0.25, 0.3) is 15.7 Å². The Morgan fingerprint density at radius 2 is 2.15 bits per heavy atom. The Morgan fingerprint density at radius 1 is 1.35 bits per heavy atom. The largest absolute Gasteiger partial charge is 0.297 e. The van der Waals surface area contributed by atoms with Gasteiger partial charge in [-0.1, -0.05) is 6.07 Å². The minimum Gasteiger partial charge on any atom is -0.297 e. The first-order valence-electron chi connectivity index (χ1n) is 7.60. The fraction of sp³-hybridized carbons (Fsp3) is 0.125. The monoisotopic (exact) mass is 392 g/mol. The first-order chi connectivity index (χ1) is 12.4. The van der Waals surface area contributed by atoms with Gasteiger partial charge >= 0.3 is 0 Å². The number of H-pyrrole nitrogens is 1. The Hall–Kier alpha value is -2.56. The summed E-state index contributed by atoms with van der Waals surface area (Å²) in [5.41, 5.74) is 0.717. The lowest BCUT2D eigenvalue weighted by atomic mass is 10.2. The topological polar surface area (TPSA) is 96.3 Å². The highest BCUT2D eigenvalue weighted by Crippen LogP contribution is 2.35. The van der Waals surface area contributed by atoms with Crippen molar-refractivity contribution in [3.05, 3.63) is 64.0 Å². The number of rotatable bonds is 4. The molecule has 0 radical (unpaired) electrons. The Bertz CT molecular complexity index is 1300. The van der Waals surface area contributed by atoms with Crippen molar-refractivity contribution in [1.29, 1.82) is 0 Å². The van der Waals surface area contributed by atoms with Crippen LogP contribution in [-0.4, -0.2) is 23.0 Å². The molecule has 4 rings (SSSR count). The van der Waals surface area contributed by atoms with Gasteiger partial charge in [0, 0.05) is 28.4 Å². The number of aryl methyl sites for hydroxylation is 1. The number of fused-ring (bicyclic) bond motifs is 2. The first kappa shape index (κ1) is 16.9.